The second-order valence-electron chi connectivity index (χ2n) is 21.1. The van der Waals surface area contributed by atoms with E-state index in [1.807, 2.05) is 0 Å². The Morgan fingerprint density at radius 2 is 0.621 bits per heavy atom. The molecule has 0 heterocycles. The van der Waals surface area contributed by atoms with Crippen LogP contribution in [0.5, 0.6) is 0 Å². The molecule has 0 aliphatic heterocycles. The van der Waals surface area contributed by atoms with Crippen LogP contribution in [-0.2, 0) is 14.3 Å². The Bertz CT molecular complexity index is 944. The zero-order chi connectivity index (χ0) is 47.9. The van der Waals surface area contributed by atoms with Gasteiger partial charge in [0.25, 0.3) is 0 Å². The molecular weight excluding hydrogens is 815 g/mol. The number of carbonyl (C=O) groups is 2. The summed E-state index contributed by atoms with van der Waals surface area (Å²) in [4.78, 5) is 24.5. The summed E-state index contributed by atoms with van der Waals surface area (Å²) in [6.07, 6.45) is 65.3. The fourth-order valence-corrected chi connectivity index (χ4v) is 9.76. The minimum Gasteiger partial charge on any atom is -0.466 e. The van der Waals surface area contributed by atoms with Gasteiger partial charge in [0.15, 0.2) is 0 Å². The molecule has 6 heteroatoms. The minimum absolute atomic E-state index is 0.00984. The van der Waals surface area contributed by atoms with Gasteiger partial charge < -0.3 is 20.3 Å². The van der Waals surface area contributed by atoms with Crippen molar-refractivity contribution in [3.8, 4) is 0 Å². The van der Waals surface area contributed by atoms with E-state index in [2.05, 4.69) is 19.2 Å². The van der Waals surface area contributed by atoms with E-state index in [4.69, 9.17) is 4.74 Å². The van der Waals surface area contributed by atoms with E-state index in [0.29, 0.717) is 25.9 Å². The van der Waals surface area contributed by atoms with Crippen LogP contribution >= 0.6 is 0 Å². The fourth-order valence-electron chi connectivity index (χ4n) is 9.76. The Hall–Kier alpha value is -1.14. The number of carbonyl (C=O) groups excluding carboxylic acids is 2. The van der Waals surface area contributed by atoms with Gasteiger partial charge in [-0.15, -0.1) is 0 Å². The summed E-state index contributed by atoms with van der Waals surface area (Å²) in [6.45, 7) is 4.97. The van der Waals surface area contributed by atoms with Crippen molar-refractivity contribution < 1.29 is 24.5 Å². The number of nitrogens with one attached hydrogen (secondary N) is 1. The topological polar surface area (TPSA) is 95.9 Å². The molecule has 2 unspecified atom stereocenters. The molecule has 394 valence electrons. The molecule has 3 N–H and O–H groups in total. The van der Waals surface area contributed by atoms with Gasteiger partial charge in [-0.25, -0.2) is 0 Å². The molecular formula is C60H119NO5. The van der Waals surface area contributed by atoms with Crippen molar-refractivity contribution in [3.63, 3.8) is 0 Å². The summed E-state index contributed by atoms with van der Waals surface area (Å²) >= 11 is 0. The van der Waals surface area contributed by atoms with Gasteiger partial charge in [0, 0.05) is 12.8 Å². The Morgan fingerprint density at radius 1 is 0.364 bits per heavy atom. The van der Waals surface area contributed by atoms with Crippen LogP contribution in [0.25, 0.3) is 0 Å². The maximum Gasteiger partial charge on any atom is 0.305 e. The van der Waals surface area contributed by atoms with Crippen molar-refractivity contribution >= 4 is 11.9 Å². The van der Waals surface area contributed by atoms with Gasteiger partial charge in [0.05, 0.1) is 25.4 Å². The van der Waals surface area contributed by atoms with Crippen molar-refractivity contribution in [1.29, 1.82) is 0 Å². The Kier molecular flexibility index (Phi) is 55.5. The van der Waals surface area contributed by atoms with E-state index in [1.54, 1.807) is 0 Å². The average Bonchev–Trinajstić information content (AvgIpc) is 3.32. The molecule has 0 bridgehead atoms. The van der Waals surface area contributed by atoms with Crippen LogP contribution in [0.2, 0.25) is 0 Å². The third kappa shape index (κ3) is 52.2. The van der Waals surface area contributed by atoms with Crippen molar-refractivity contribution in [2.24, 2.45) is 0 Å². The van der Waals surface area contributed by atoms with E-state index >= 15 is 0 Å². The zero-order valence-electron chi connectivity index (χ0n) is 45.0. The molecule has 6 nitrogen and oxygen atoms in total. The third-order valence-corrected chi connectivity index (χ3v) is 14.4. The molecule has 0 aliphatic rings. The molecule has 1 amide bonds. The first-order valence-electron chi connectivity index (χ1n) is 30.3. The molecule has 0 rings (SSSR count). The molecule has 0 aliphatic carbocycles. The first-order valence-corrected chi connectivity index (χ1v) is 30.3. The highest BCUT2D eigenvalue weighted by molar-refractivity contribution is 5.76. The molecule has 0 aromatic heterocycles. The predicted molar refractivity (Wildman–Crippen MR) is 287 cm³/mol. The monoisotopic (exact) mass is 934 g/mol. The lowest BCUT2D eigenvalue weighted by molar-refractivity contribution is -0.143. The van der Waals surface area contributed by atoms with Crippen LogP contribution < -0.4 is 5.32 Å². The van der Waals surface area contributed by atoms with Gasteiger partial charge in [-0.2, -0.15) is 0 Å². The molecule has 0 aromatic carbocycles. The molecule has 0 aromatic rings. The van der Waals surface area contributed by atoms with E-state index in [-0.39, 0.29) is 18.5 Å². The van der Waals surface area contributed by atoms with Gasteiger partial charge in [0.2, 0.25) is 5.91 Å². The van der Waals surface area contributed by atoms with Crippen LogP contribution in [0.3, 0.4) is 0 Å². The highest BCUT2D eigenvalue weighted by Gasteiger charge is 2.20. The quantitative estimate of drug-likeness (QED) is 0.0417. The van der Waals surface area contributed by atoms with Crippen molar-refractivity contribution in [2.45, 2.75) is 360 Å². The second kappa shape index (κ2) is 56.4. The third-order valence-electron chi connectivity index (χ3n) is 14.4. The molecule has 0 spiro atoms. The average molecular weight is 935 g/mol. The van der Waals surface area contributed by atoms with Crippen LogP contribution in [0.15, 0.2) is 0 Å². The number of rotatable bonds is 57. The van der Waals surface area contributed by atoms with Gasteiger partial charge in [-0.3, -0.25) is 9.59 Å². The van der Waals surface area contributed by atoms with E-state index in [0.717, 1.165) is 38.5 Å². The minimum atomic E-state index is -0.665. The predicted octanol–water partition coefficient (Wildman–Crippen LogP) is 18.7. The van der Waals surface area contributed by atoms with Crippen LogP contribution in [-0.4, -0.2) is 47.4 Å². The maximum absolute atomic E-state index is 12.5. The lowest BCUT2D eigenvalue weighted by Gasteiger charge is -2.22. The summed E-state index contributed by atoms with van der Waals surface area (Å²) in [5, 5.41) is 23.3. The summed E-state index contributed by atoms with van der Waals surface area (Å²) < 4.78 is 5.46. The molecule has 0 saturated carbocycles. The molecule has 2 atom stereocenters. The van der Waals surface area contributed by atoms with Crippen LogP contribution in [0.1, 0.15) is 348 Å². The summed E-state index contributed by atoms with van der Waals surface area (Å²) in [5.41, 5.74) is 0. The van der Waals surface area contributed by atoms with Gasteiger partial charge in [-0.05, 0) is 25.7 Å². The SMILES string of the molecule is CCCCCCCCCCCCCCCCCCCCCC(O)C(CO)NC(=O)CCCCCCCCCCCCCCCCCCCCCOC(=O)CCCCCCCCCCCCC. The number of esters is 1. The van der Waals surface area contributed by atoms with Gasteiger partial charge in [0.1, 0.15) is 0 Å². The van der Waals surface area contributed by atoms with Crippen molar-refractivity contribution in [3.05, 3.63) is 0 Å². The first-order chi connectivity index (χ1) is 32.5. The summed E-state index contributed by atoms with van der Waals surface area (Å²) in [6, 6.07) is -0.543. The van der Waals surface area contributed by atoms with E-state index < -0.39 is 12.1 Å². The normalized spacial score (nSPS) is 12.5. The molecule has 0 saturated heterocycles. The van der Waals surface area contributed by atoms with Crippen LogP contribution in [0, 0.1) is 0 Å². The standard InChI is InChI=1S/C60H119NO5/c1-3-5-7-9-11-13-15-16-17-18-20-23-26-29-33-36-40-44-48-52-58(63)57(56-62)61-59(64)53-49-45-41-37-34-30-27-24-21-19-22-25-28-31-35-39-43-47-51-55-66-60(65)54-50-46-42-38-32-14-12-10-8-6-4-2/h57-58,62-63H,3-56H2,1-2H3,(H,61,64). The number of unbranched alkanes of at least 4 members (excludes halogenated alkanes) is 46. The second-order valence-corrected chi connectivity index (χ2v) is 21.1. The highest BCUT2D eigenvalue weighted by Crippen LogP contribution is 2.18. The number of hydrogen-bond donors (Lipinski definition) is 3. The highest BCUT2D eigenvalue weighted by atomic mass is 16.5. The Labute approximate surface area is 413 Å². The van der Waals surface area contributed by atoms with Gasteiger partial charge >= 0.3 is 5.97 Å². The largest absolute Gasteiger partial charge is 0.466 e. The maximum atomic E-state index is 12.5. The summed E-state index contributed by atoms with van der Waals surface area (Å²) in [5.74, 6) is -0.0239. The summed E-state index contributed by atoms with van der Waals surface area (Å²) in [7, 11) is 0. The van der Waals surface area contributed by atoms with E-state index in [1.165, 1.54) is 276 Å². The number of aliphatic hydroxyl groups is 2. The lowest BCUT2D eigenvalue weighted by Crippen LogP contribution is -2.45. The molecule has 0 radical (unpaired) electrons. The van der Waals surface area contributed by atoms with Crippen molar-refractivity contribution in [2.75, 3.05) is 13.2 Å². The number of aliphatic hydroxyl groups excluding tert-OH is 2. The van der Waals surface area contributed by atoms with Crippen LogP contribution in [0.4, 0.5) is 0 Å². The Morgan fingerprint density at radius 3 is 0.924 bits per heavy atom. The van der Waals surface area contributed by atoms with E-state index in [9.17, 15) is 19.8 Å². The molecule has 0 fully saturated rings. The zero-order valence-corrected chi connectivity index (χ0v) is 45.0. The Balaban J connectivity index is 3.40. The smallest absolute Gasteiger partial charge is 0.305 e. The first kappa shape index (κ1) is 64.9. The number of amides is 1. The fraction of sp³-hybridized carbons (Fsp3) is 0.967. The van der Waals surface area contributed by atoms with Gasteiger partial charge in [-0.1, -0.05) is 309 Å². The molecule has 66 heavy (non-hydrogen) atoms. The van der Waals surface area contributed by atoms with Crippen molar-refractivity contribution in [1.82, 2.24) is 5.32 Å². The number of hydrogen-bond acceptors (Lipinski definition) is 5. The lowest BCUT2D eigenvalue weighted by atomic mass is 10.0. The number of ether oxygens (including phenoxy) is 1.